The Morgan fingerprint density at radius 1 is 1.23 bits per heavy atom. The van der Waals surface area contributed by atoms with Gasteiger partial charge in [-0.2, -0.15) is 0 Å². The number of methoxy groups -OCH3 is 2. The van der Waals surface area contributed by atoms with E-state index in [2.05, 4.69) is 30.5 Å². The van der Waals surface area contributed by atoms with Gasteiger partial charge in [-0.1, -0.05) is 15.9 Å². The van der Waals surface area contributed by atoms with Crippen LogP contribution >= 0.6 is 23.4 Å². The van der Waals surface area contributed by atoms with Crippen LogP contribution < -0.4 is 9.61 Å². The van der Waals surface area contributed by atoms with Gasteiger partial charge in [0.05, 0.1) is 20.6 Å². The maximum Gasteiger partial charge on any atom is 0.323 e. The van der Waals surface area contributed by atoms with Crippen LogP contribution in [0.5, 0.6) is 5.75 Å². The molecule has 22 heavy (non-hydrogen) atoms. The number of benzene rings is 1. The molecule has 2 unspecified atom stereocenters. The Balaban J connectivity index is 2.80. The Hall–Kier alpha value is -1.37. The molecule has 122 valence electrons. The van der Waals surface area contributed by atoms with E-state index in [1.165, 1.54) is 20.9 Å². The highest BCUT2D eigenvalue weighted by molar-refractivity contribution is 9.10. The Kier molecular flexibility index (Phi) is 7.06. The zero-order chi connectivity index (χ0) is 16.8. The molecule has 1 rings (SSSR count). The first-order valence-electron chi connectivity index (χ1n) is 6.22. The normalized spacial score (nSPS) is 14.5. The van der Waals surface area contributed by atoms with Gasteiger partial charge in [0, 0.05) is 11.1 Å². The van der Waals surface area contributed by atoms with Crippen molar-refractivity contribution in [3.05, 3.63) is 28.7 Å². The number of esters is 2. The van der Waals surface area contributed by atoms with Gasteiger partial charge < -0.3 is 14.0 Å². The number of halogens is 1. The SMILES string of the molecule is COC(=O)CC(NP(C)(=O)Oc1ccc(Br)cc1)C(=O)OC. The van der Waals surface area contributed by atoms with E-state index in [-0.39, 0.29) is 6.42 Å². The summed E-state index contributed by atoms with van der Waals surface area (Å²) in [5, 5.41) is 2.52. The summed E-state index contributed by atoms with van der Waals surface area (Å²) in [6.07, 6.45) is -0.315. The largest absolute Gasteiger partial charge is 0.469 e. The molecule has 7 nitrogen and oxygen atoms in total. The van der Waals surface area contributed by atoms with E-state index in [4.69, 9.17) is 4.52 Å². The molecule has 0 saturated heterocycles. The van der Waals surface area contributed by atoms with Crippen molar-refractivity contribution < 1.29 is 28.2 Å². The first-order chi connectivity index (χ1) is 10.3. The standard InChI is InChI=1S/C13H17BrNO6P/c1-19-12(16)8-11(13(17)20-2)15-22(3,18)21-10-6-4-9(14)5-7-10/h4-7,11H,8H2,1-3H3,(H,15,18). The number of carbonyl (C=O) groups is 2. The van der Waals surface area contributed by atoms with Gasteiger partial charge >= 0.3 is 19.5 Å². The number of carbonyl (C=O) groups excluding carboxylic acids is 2. The summed E-state index contributed by atoms with van der Waals surface area (Å²) >= 11 is 3.28. The van der Waals surface area contributed by atoms with Gasteiger partial charge in [-0.05, 0) is 24.3 Å². The van der Waals surface area contributed by atoms with Crippen LogP contribution in [0.2, 0.25) is 0 Å². The van der Waals surface area contributed by atoms with E-state index < -0.39 is 25.5 Å². The van der Waals surface area contributed by atoms with Gasteiger partial charge in [0.1, 0.15) is 11.8 Å². The summed E-state index contributed by atoms with van der Waals surface area (Å²) in [5.41, 5.74) is 0. The molecule has 9 heteroatoms. The second-order valence-electron chi connectivity index (χ2n) is 4.38. The van der Waals surface area contributed by atoms with Crippen LogP contribution in [0, 0.1) is 0 Å². The predicted octanol–water partition coefficient (Wildman–Crippen LogP) is 2.35. The molecule has 0 heterocycles. The molecule has 0 fully saturated rings. The van der Waals surface area contributed by atoms with Crippen molar-refractivity contribution in [2.45, 2.75) is 12.5 Å². The molecule has 0 saturated carbocycles. The molecule has 0 aliphatic heterocycles. The van der Waals surface area contributed by atoms with Gasteiger partial charge in [0.25, 0.3) is 0 Å². The average molecular weight is 394 g/mol. The maximum absolute atomic E-state index is 12.5. The summed E-state index contributed by atoms with van der Waals surface area (Å²) in [5.74, 6) is -0.998. The third-order valence-electron chi connectivity index (χ3n) is 2.57. The first kappa shape index (κ1) is 18.7. The second kappa shape index (κ2) is 8.31. The third-order valence-corrected chi connectivity index (χ3v) is 4.44. The van der Waals surface area contributed by atoms with Crippen LogP contribution in [0.1, 0.15) is 6.42 Å². The molecule has 0 aliphatic carbocycles. The molecular formula is C13H17BrNO6P. The molecule has 1 aromatic carbocycles. The molecule has 0 aromatic heterocycles. The molecule has 1 aromatic rings. The molecular weight excluding hydrogens is 377 g/mol. The minimum Gasteiger partial charge on any atom is -0.469 e. The van der Waals surface area contributed by atoms with E-state index in [0.717, 1.165) is 4.47 Å². The zero-order valence-electron chi connectivity index (χ0n) is 12.4. The van der Waals surface area contributed by atoms with Gasteiger partial charge in [-0.3, -0.25) is 14.2 Å². The molecule has 0 radical (unpaired) electrons. The van der Waals surface area contributed by atoms with E-state index >= 15 is 0 Å². The van der Waals surface area contributed by atoms with Crippen molar-refractivity contribution in [3.63, 3.8) is 0 Å². The lowest BCUT2D eigenvalue weighted by Crippen LogP contribution is -2.38. The van der Waals surface area contributed by atoms with Crippen LogP contribution in [0.15, 0.2) is 28.7 Å². The lowest BCUT2D eigenvalue weighted by molar-refractivity contribution is -0.149. The van der Waals surface area contributed by atoms with Gasteiger partial charge in [0.15, 0.2) is 0 Å². The molecule has 0 bridgehead atoms. The number of ether oxygens (including phenoxy) is 2. The van der Waals surface area contributed by atoms with E-state index in [1.54, 1.807) is 24.3 Å². The third kappa shape index (κ3) is 6.17. The monoisotopic (exact) mass is 393 g/mol. The van der Waals surface area contributed by atoms with Gasteiger partial charge in [0.2, 0.25) is 0 Å². The number of rotatable bonds is 7. The fourth-order valence-corrected chi connectivity index (χ4v) is 3.18. The van der Waals surface area contributed by atoms with Crippen LogP contribution in [-0.2, 0) is 23.6 Å². The lowest BCUT2D eigenvalue weighted by atomic mass is 10.2. The van der Waals surface area contributed by atoms with E-state index in [1.807, 2.05) is 0 Å². The van der Waals surface area contributed by atoms with Crippen molar-refractivity contribution >= 4 is 35.4 Å². The van der Waals surface area contributed by atoms with E-state index in [0.29, 0.717) is 5.75 Å². The van der Waals surface area contributed by atoms with E-state index in [9.17, 15) is 14.2 Å². The average Bonchev–Trinajstić information content (AvgIpc) is 2.47. The fourth-order valence-electron chi connectivity index (χ4n) is 1.58. The fraction of sp³-hybridized carbons (Fsp3) is 0.385. The maximum atomic E-state index is 12.5. The van der Waals surface area contributed by atoms with Crippen LogP contribution in [0.25, 0.3) is 0 Å². The molecule has 1 N–H and O–H groups in total. The highest BCUT2D eigenvalue weighted by atomic mass is 79.9. The van der Waals surface area contributed by atoms with Crippen molar-refractivity contribution in [2.24, 2.45) is 0 Å². The Morgan fingerprint density at radius 2 is 1.82 bits per heavy atom. The van der Waals surface area contributed by atoms with Crippen molar-refractivity contribution in [3.8, 4) is 5.75 Å². The minimum atomic E-state index is -3.39. The molecule has 0 aliphatic rings. The minimum absolute atomic E-state index is 0.315. The Labute approximate surface area is 136 Å². The number of nitrogens with one attached hydrogen (secondary N) is 1. The summed E-state index contributed by atoms with van der Waals surface area (Å²) in [6.45, 7) is 1.31. The number of hydrogen-bond donors (Lipinski definition) is 1. The highest BCUT2D eigenvalue weighted by Gasteiger charge is 2.30. The van der Waals surface area contributed by atoms with Crippen molar-refractivity contribution in [2.75, 3.05) is 20.9 Å². The molecule has 2 atom stereocenters. The lowest BCUT2D eigenvalue weighted by Gasteiger charge is -2.21. The summed E-state index contributed by atoms with van der Waals surface area (Å²) in [6, 6.07) is 5.57. The van der Waals surface area contributed by atoms with Gasteiger partial charge in [-0.25, -0.2) is 5.09 Å². The predicted molar refractivity (Wildman–Crippen MR) is 83.9 cm³/mol. The van der Waals surface area contributed by atoms with Crippen LogP contribution in [0.4, 0.5) is 0 Å². The first-order valence-corrected chi connectivity index (χ1v) is 9.09. The Morgan fingerprint density at radius 3 is 2.32 bits per heavy atom. The Bertz CT molecular complexity index is 576. The summed E-state index contributed by atoms with van der Waals surface area (Å²) in [7, 11) is -1.03. The topological polar surface area (TPSA) is 90.9 Å². The summed E-state index contributed by atoms with van der Waals surface area (Å²) < 4.78 is 27.7. The van der Waals surface area contributed by atoms with Crippen molar-refractivity contribution in [1.29, 1.82) is 0 Å². The molecule has 0 spiro atoms. The number of hydrogen-bond acceptors (Lipinski definition) is 6. The highest BCUT2D eigenvalue weighted by Crippen LogP contribution is 2.40. The van der Waals surface area contributed by atoms with Gasteiger partial charge in [-0.15, -0.1) is 0 Å². The second-order valence-corrected chi connectivity index (χ2v) is 7.42. The van der Waals surface area contributed by atoms with Crippen LogP contribution in [0.3, 0.4) is 0 Å². The zero-order valence-corrected chi connectivity index (χ0v) is 14.8. The molecule has 0 amide bonds. The van der Waals surface area contributed by atoms with Crippen molar-refractivity contribution in [1.82, 2.24) is 5.09 Å². The van der Waals surface area contributed by atoms with Crippen LogP contribution in [-0.4, -0.2) is 38.9 Å². The quantitative estimate of drug-likeness (QED) is 0.561. The summed E-state index contributed by atoms with van der Waals surface area (Å²) in [4.78, 5) is 23.0. The smallest absolute Gasteiger partial charge is 0.323 e.